The first-order valence-electron chi connectivity index (χ1n) is 7.88. The molecule has 0 amide bonds. The second-order valence-electron chi connectivity index (χ2n) is 6.72. The Balaban J connectivity index is 1.92. The van der Waals surface area contributed by atoms with E-state index in [1.165, 1.54) is 17.3 Å². The van der Waals surface area contributed by atoms with Crippen LogP contribution in [0.4, 0.5) is 0 Å². The zero-order valence-corrected chi connectivity index (χ0v) is 14.1. The monoisotopic (exact) mass is 349 g/mol. The molecule has 1 aromatic heterocycles. The molecule has 0 radical (unpaired) electrons. The van der Waals surface area contributed by atoms with E-state index < -0.39 is 17.0 Å². The number of carboxylic acid groups (broad SMARTS) is 1. The van der Waals surface area contributed by atoms with Crippen LogP contribution in [0.5, 0.6) is 0 Å². The lowest BCUT2D eigenvalue weighted by Gasteiger charge is -2.40. The van der Waals surface area contributed by atoms with Crippen LogP contribution in [-0.4, -0.2) is 36.5 Å². The van der Waals surface area contributed by atoms with Gasteiger partial charge < -0.3 is 10.2 Å². The average molecular weight is 350 g/mol. The van der Waals surface area contributed by atoms with Gasteiger partial charge in [0.2, 0.25) is 0 Å². The minimum absolute atomic E-state index is 0.105. The Morgan fingerprint density at radius 1 is 1.42 bits per heavy atom. The predicted octanol–water partition coefficient (Wildman–Crippen LogP) is 2.41. The highest BCUT2D eigenvalue weighted by atomic mass is 35.5. The smallest absolute Gasteiger partial charge is 0.312 e. The lowest BCUT2D eigenvalue weighted by molar-refractivity contribution is -0.169. The van der Waals surface area contributed by atoms with Crippen LogP contribution in [0.3, 0.4) is 0 Å². The molecule has 3 atom stereocenters. The second-order valence-corrected chi connectivity index (χ2v) is 7.16. The summed E-state index contributed by atoms with van der Waals surface area (Å²) in [7, 11) is 0. The summed E-state index contributed by atoms with van der Waals surface area (Å²) in [6.45, 7) is 1.72. The fourth-order valence-corrected chi connectivity index (χ4v) is 3.83. The van der Waals surface area contributed by atoms with Crippen LogP contribution >= 0.6 is 11.6 Å². The summed E-state index contributed by atoms with van der Waals surface area (Å²) in [4.78, 5) is 15.8. The third kappa shape index (κ3) is 2.80. The highest BCUT2D eigenvalue weighted by Crippen LogP contribution is 2.52. The van der Waals surface area contributed by atoms with Crippen molar-refractivity contribution in [1.82, 2.24) is 14.8 Å². The molecular weight excluding hydrogens is 330 g/mol. The van der Waals surface area contributed by atoms with Crippen LogP contribution in [0, 0.1) is 11.3 Å². The molecule has 2 aromatic rings. The van der Waals surface area contributed by atoms with Gasteiger partial charge in [0.05, 0.1) is 12.0 Å². The van der Waals surface area contributed by atoms with Gasteiger partial charge in [0.1, 0.15) is 18.3 Å². The molecule has 24 heavy (non-hydrogen) atoms. The molecule has 1 aromatic carbocycles. The van der Waals surface area contributed by atoms with Crippen molar-refractivity contribution in [3.05, 3.63) is 47.5 Å². The molecule has 1 heterocycles. The van der Waals surface area contributed by atoms with E-state index in [-0.39, 0.29) is 12.5 Å². The van der Waals surface area contributed by atoms with Gasteiger partial charge in [-0.2, -0.15) is 5.10 Å². The fraction of sp³-hybridized carbons (Fsp3) is 0.471. The van der Waals surface area contributed by atoms with E-state index in [0.29, 0.717) is 24.3 Å². The maximum absolute atomic E-state index is 11.9. The van der Waals surface area contributed by atoms with Crippen LogP contribution in [0.15, 0.2) is 36.9 Å². The summed E-state index contributed by atoms with van der Waals surface area (Å²) in [5, 5.41) is 25.9. The third-order valence-electron chi connectivity index (χ3n) is 5.36. The van der Waals surface area contributed by atoms with Crippen molar-refractivity contribution in [2.24, 2.45) is 11.3 Å². The lowest BCUT2D eigenvalue weighted by Crippen LogP contribution is -2.54. The molecule has 3 rings (SSSR count). The molecule has 1 aliphatic carbocycles. The molecule has 1 fully saturated rings. The van der Waals surface area contributed by atoms with Crippen LogP contribution in [0.2, 0.25) is 5.02 Å². The van der Waals surface area contributed by atoms with Gasteiger partial charge >= 0.3 is 5.97 Å². The quantitative estimate of drug-likeness (QED) is 0.865. The summed E-state index contributed by atoms with van der Waals surface area (Å²) < 4.78 is 1.50. The normalized spacial score (nSPS) is 29.7. The molecule has 6 nitrogen and oxygen atoms in total. The SMILES string of the molecule is C[C@]1(C(=O)O)CC[C@@H](Cc2ccc(Cl)cc2)[C@]1(O)Cn1cncn1. The van der Waals surface area contributed by atoms with Gasteiger partial charge in [-0.3, -0.25) is 9.48 Å². The van der Waals surface area contributed by atoms with E-state index >= 15 is 0 Å². The van der Waals surface area contributed by atoms with Gasteiger partial charge in [-0.25, -0.2) is 4.98 Å². The number of aliphatic hydroxyl groups is 1. The van der Waals surface area contributed by atoms with Crippen LogP contribution < -0.4 is 0 Å². The number of aliphatic carboxylic acids is 1. The largest absolute Gasteiger partial charge is 0.481 e. The average Bonchev–Trinajstić information content (AvgIpc) is 3.12. The van der Waals surface area contributed by atoms with Gasteiger partial charge in [-0.1, -0.05) is 23.7 Å². The number of rotatable bonds is 5. The maximum Gasteiger partial charge on any atom is 0.312 e. The van der Waals surface area contributed by atoms with E-state index in [4.69, 9.17) is 11.6 Å². The van der Waals surface area contributed by atoms with E-state index in [2.05, 4.69) is 10.1 Å². The number of aromatic nitrogens is 3. The first-order valence-corrected chi connectivity index (χ1v) is 8.25. The number of hydrogen-bond donors (Lipinski definition) is 2. The molecule has 0 saturated heterocycles. The van der Waals surface area contributed by atoms with E-state index in [9.17, 15) is 15.0 Å². The minimum Gasteiger partial charge on any atom is -0.481 e. The molecule has 0 aliphatic heterocycles. The van der Waals surface area contributed by atoms with Crippen molar-refractivity contribution in [1.29, 1.82) is 0 Å². The summed E-state index contributed by atoms with van der Waals surface area (Å²) >= 11 is 5.92. The molecule has 1 aliphatic rings. The van der Waals surface area contributed by atoms with E-state index in [1.54, 1.807) is 19.1 Å². The second kappa shape index (κ2) is 6.18. The van der Waals surface area contributed by atoms with Gasteiger partial charge in [-0.05, 0) is 49.8 Å². The van der Waals surface area contributed by atoms with Crippen LogP contribution in [0.1, 0.15) is 25.3 Å². The summed E-state index contributed by atoms with van der Waals surface area (Å²) in [5.74, 6) is -1.17. The number of carbonyl (C=O) groups is 1. The van der Waals surface area contributed by atoms with Crippen molar-refractivity contribution in [3.63, 3.8) is 0 Å². The Labute approximate surface area is 145 Å². The van der Waals surface area contributed by atoms with E-state index in [0.717, 1.165) is 5.56 Å². The molecular formula is C17H20ClN3O3. The van der Waals surface area contributed by atoms with Gasteiger partial charge in [0.25, 0.3) is 0 Å². The first kappa shape index (κ1) is 16.9. The van der Waals surface area contributed by atoms with Crippen molar-refractivity contribution < 1.29 is 15.0 Å². The Bertz CT molecular complexity index is 719. The topological polar surface area (TPSA) is 88.2 Å². The summed E-state index contributed by atoms with van der Waals surface area (Å²) in [6.07, 6.45) is 4.52. The summed E-state index contributed by atoms with van der Waals surface area (Å²) in [6, 6.07) is 7.43. The van der Waals surface area contributed by atoms with Gasteiger partial charge in [0.15, 0.2) is 0 Å². The highest BCUT2D eigenvalue weighted by molar-refractivity contribution is 6.30. The van der Waals surface area contributed by atoms with E-state index in [1.807, 2.05) is 12.1 Å². The number of nitrogens with zero attached hydrogens (tertiary/aromatic N) is 3. The minimum atomic E-state index is -1.41. The molecule has 0 unspecified atom stereocenters. The Kier molecular flexibility index (Phi) is 4.36. The van der Waals surface area contributed by atoms with Crippen molar-refractivity contribution in [3.8, 4) is 0 Å². The van der Waals surface area contributed by atoms with Gasteiger partial charge in [-0.15, -0.1) is 0 Å². The molecule has 7 heteroatoms. The zero-order chi connectivity index (χ0) is 17.4. The first-order chi connectivity index (χ1) is 11.3. The number of halogens is 1. The highest BCUT2D eigenvalue weighted by Gasteiger charge is 2.61. The maximum atomic E-state index is 11.9. The Morgan fingerprint density at radius 3 is 2.71 bits per heavy atom. The molecule has 128 valence electrons. The van der Waals surface area contributed by atoms with Crippen molar-refractivity contribution >= 4 is 17.6 Å². The standard InChI is InChI=1S/C17H20ClN3O3/c1-16(15(22)23)7-6-13(8-12-2-4-14(18)5-3-12)17(16,24)9-21-11-19-10-20-21/h2-5,10-11,13,24H,6-9H2,1H3,(H,22,23)/t13-,16+,17+/m0/s1. The third-order valence-corrected chi connectivity index (χ3v) is 5.61. The Hall–Kier alpha value is -1.92. The molecule has 0 spiro atoms. The molecule has 2 N–H and O–H groups in total. The molecule has 0 bridgehead atoms. The fourth-order valence-electron chi connectivity index (χ4n) is 3.70. The van der Waals surface area contributed by atoms with Crippen LogP contribution in [0.25, 0.3) is 0 Å². The number of benzene rings is 1. The Morgan fingerprint density at radius 2 is 2.12 bits per heavy atom. The van der Waals surface area contributed by atoms with Crippen molar-refractivity contribution in [2.45, 2.75) is 38.3 Å². The predicted molar refractivity (Wildman–Crippen MR) is 88.6 cm³/mol. The van der Waals surface area contributed by atoms with Crippen LogP contribution in [-0.2, 0) is 17.8 Å². The summed E-state index contributed by atoms with van der Waals surface area (Å²) in [5.41, 5.74) is -1.61. The zero-order valence-electron chi connectivity index (χ0n) is 13.4. The number of hydrogen-bond acceptors (Lipinski definition) is 4. The van der Waals surface area contributed by atoms with Crippen molar-refractivity contribution in [2.75, 3.05) is 0 Å². The molecule has 1 saturated carbocycles. The van der Waals surface area contributed by atoms with Gasteiger partial charge in [0, 0.05) is 5.02 Å². The lowest BCUT2D eigenvalue weighted by atomic mass is 9.71. The number of carboxylic acids is 1.